The van der Waals surface area contributed by atoms with E-state index in [1.165, 1.54) is 35.4 Å². The first-order chi connectivity index (χ1) is 60.9. The average molecular weight is 1800 g/mol. The summed E-state index contributed by atoms with van der Waals surface area (Å²) in [7, 11) is -0.349. The van der Waals surface area contributed by atoms with Crippen molar-refractivity contribution in [2.75, 3.05) is 76.3 Å². The summed E-state index contributed by atoms with van der Waals surface area (Å²) >= 11 is 3.26. The van der Waals surface area contributed by atoms with E-state index >= 15 is 0 Å². The Labute approximate surface area is 752 Å². The van der Waals surface area contributed by atoms with Gasteiger partial charge in [0.15, 0.2) is 11.3 Å². The molecule has 127 heavy (non-hydrogen) atoms. The van der Waals surface area contributed by atoms with E-state index in [0.29, 0.717) is 103 Å². The first kappa shape index (κ1) is 94.1. The number of hydrogen-bond acceptors (Lipinski definition) is 19. The first-order valence-corrected chi connectivity index (χ1v) is 45.4. The van der Waals surface area contributed by atoms with Gasteiger partial charge in [-0.05, 0) is 232 Å². The van der Waals surface area contributed by atoms with E-state index in [2.05, 4.69) is 165 Å². The Hall–Kier alpha value is -10.6. The lowest BCUT2D eigenvalue weighted by Crippen LogP contribution is -2.54. The lowest BCUT2D eigenvalue weighted by molar-refractivity contribution is 0.000505. The zero-order chi connectivity index (χ0) is 90.3. The van der Waals surface area contributed by atoms with Gasteiger partial charge < -0.3 is 65.6 Å². The number of anilines is 2. The van der Waals surface area contributed by atoms with Gasteiger partial charge in [0.25, 0.3) is 23.6 Å². The van der Waals surface area contributed by atoms with Crippen LogP contribution in [0.2, 0.25) is 0 Å². The van der Waals surface area contributed by atoms with E-state index in [1.54, 1.807) is 54.6 Å². The Balaban J connectivity index is 0.000000171. The number of carbonyl (C=O) groups is 5. The van der Waals surface area contributed by atoms with Crippen molar-refractivity contribution in [1.82, 2.24) is 70.8 Å². The Bertz CT molecular complexity index is 5500. The van der Waals surface area contributed by atoms with Crippen molar-refractivity contribution in [3.05, 3.63) is 229 Å². The molecule has 0 spiro atoms. The Morgan fingerprint density at radius 3 is 1.47 bits per heavy atom. The van der Waals surface area contributed by atoms with E-state index in [1.807, 2.05) is 79.5 Å². The Morgan fingerprint density at radius 2 is 1.00 bits per heavy atom. The maximum atomic E-state index is 14.9. The molecule has 0 unspecified atom stereocenters. The third kappa shape index (κ3) is 24.5. The van der Waals surface area contributed by atoms with Gasteiger partial charge in [-0.2, -0.15) is 10.2 Å². The van der Waals surface area contributed by atoms with E-state index in [9.17, 15) is 32.8 Å². The largest absolute Gasteiger partial charge is 0.494 e. The smallest absolute Gasteiger partial charge is 0.444 e. The molecule has 5 aliphatic rings. The van der Waals surface area contributed by atoms with Crippen LogP contribution in [-0.4, -0.2) is 188 Å². The number of aromatic nitrogens is 6. The van der Waals surface area contributed by atoms with Crippen LogP contribution < -0.4 is 42.7 Å². The second kappa shape index (κ2) is 42.6. The molecule has 0 aliphatic carbocycles. The fraction of sp³-hybridized carbons (Fsp3) is 0.454. The van der Waals surface area contributed by atoms with Crippen LogP contribution in [-0.2, 0) is 88.7 Å². The zero-order valence-corrected chi connectivity index (χ0v) is 77.0. The summed E-state index contributed by atoms with van der Waals surface area (Å²) < 4.78 is 62.1. The number of halogens is 3. The van der Waals surface area contributed by atoms with Crippen LogP contribution in [0.15, 0.2) is 150 Å². The normalized spacial score (nSPS) is 17.4. The fourth-order valence-corrected chi connectivity index (χ4v) is 17.2. The topological polar surface area (TPSA) is 287 Å². The van der Waals surface area contributed by atoms with Crippen molar-refractivity contribution in [3.8, 4) is 11.1 Å². The molecule has 5 fully saturated rings. The molecule has 674 valence electrons. The van der Waals surface area contributed by atoms with Crippen molar-refractivity contribution in [1.29, 1.82) is 0 Å². The summed E-state index contributed by atoms with van der Waals surface area (Å²) in [6.07, 6.45) is 8.39. The molecule has 15 rings (SSSR count). The highest BCUT2D eigenvalue weighted by Crippen LogP contribution is 2.38. The number of fused-ring (bicyclic) bond motifs is 2. The zero-order valence-electron chi connectivity index (χ0n) is 75.5. The standard InChI is InChI=1S/C43H51FN8O3.C31H34BrFN6O3.C23H37BN2O4/c1-4-39-37(40(49-36-12-16-55-17-13-36)38-25-48-52(5-2)41(38)50-39)24-47-43(54)33-11-7-10-32(21-33)42(53)46-23-30-19-34(22-35(44)20-30)31-9-6-8-29(18-31)27-51-15-14-45-28(3)26-51;1-3-27-25(28(37-24-8-10-42-11-9-24)26-18-36-39(4-2)29(26)38-27)17-35-31(41)21-7-5-6-20(14-21)30(40)34-16-19-12-22(32)15-23(33)13-19;1-17-15-25(12-13-26(17)20(27)28-21(2,3)4)16-18-10-9-11-19(14-18)24-29-22(5,6)23(7,8)30-24/h6-11,18-22,25,28,36,45H,4-5,12-17,23-24,26-27H2,1-3H3,(H,46,53)(H,47,54)(H,49,50);5-7,12-15,18,24H,3-4,8-11,16-17H2,1-2H3,(H,34,40)(H,35,41)(H,37,38);9-11,14,17H,12-13,15-16H2,1-8H3/t28-;;17-/m0.0/s1. The second-order valence-electron chi connectivity index (χ2n) is 35.4. The summed E-state index contributed by atoms with van der Waals surface area (Å²) in [4.78, 5) is 82.1. The van der Waals surface area contributed by atoms with E-state index in [4.69, 9.17) is 33.5 Å². The molecular formula is C97H122BBrF2N16O10. The third-order valence-electron chi connectivity index (χ3n) is 24.1. The van der Waals surface area contributed by atoms with Crippen LogP contribution in [0, 0.1) is 11.6 Å². The second-order valence-corrected chi connectivity index (χ2v) is 36.3. The SMILES string of the molecule is CCc1nc2c(cnn2CC)c(NC2CCOCC2)c1CNC(=O)c1cccc(C(=O)NCc2cc(F)cc(-c3cccc(CN4CCN[C@@H](C)C4)c3)c2)c1.CCc1nc2c(cnn2CC)c(NC2CCOCC2)c1CNC(=O)c1cccc(C(=O)NCc2cc(F)cc(Br)c2)c1.C[C@H]1CN(Cc2cccc(B3OC(C)(C)C(C)(C)O3)c2)CCN1C(=O)OC(C)(C)C. The van der Waals surface area contributed by atoms with Gasteiger partial charge in [-0.25, -0.2) is 32.9 Å². The molecule has 5 amide bonds. The minimum atomic E-state index is -0.470. The Morgan fingerprint density at radius 1 is 0.543 bits per heavy atom. The van der Waals surface area contributed by atoms with Crippen molar-refractivity contribution >= 4 is 91.7 Å². The molecule has 7 N–H and O–H groups in total. The van der Waals surface area contributed by atoms with Crippen LogP contribution in [0.25, 0.3) is 33.2 Å². The van der Waals surface area contributed by atoms with Crippen molar-refractivity contribution in [2.45, 2.75) is 222 Å². The van der Waals surface area contributed by atoms with Gasteiger partial charge in [0.05, 0.1) is 45.7 Å². The summed E-state index contributed by atoms with van der Waals surface area (Å²) in [6.45, 7) is 38.4. The van der Waals surface area contributed by atoms with Gasteiger partial charge >= 0.3 is 13.2 Å². The number of carbonyl (C=O) groups excluding carboxylic acids is 5. The lowest BCUT2D eigenvalue weighted by atomic mass is 9.78. The quantitative estimate of drug-likeness (QED) is 0.0248. The molecule has 0 saturated carbocycles. The fourth-order valence-electron chi connectivity index (χ4n) is 16.7. The van der Waals surface area contributed by atoms with Crippen molar-refractivity contribution in [3.63, 3.8) is 0 Å². The monoisotopic (exact) mass is 1800 g/mol. The first-order valence-electron chi connectivity index (χ1n) is 44.6. The van der Waals surface area contributed by atoms with E-state index in [-0.39, 0.29) is 98.2 Å². The van der Waals surface area contributed by atoms with E-state index in [0.717, 1.165) is 144 Å². The molecular weight excluding hydrogens is 1680 g/mol. The Kier molecular flexibility index (Phi) is 31.5. The number of nitrogens with zero attached hydrogens (tertiary/aromatic N) is 9. The minimum absolute atomic E-state index is 0.111. The molecule has 0 bridgehead atoms. The number of piperazine rings is 2. The number of ether oxygens (including phenoxy) is 3. The third-order valence-corrected chi connectivity index (χ3v) is 24.6. The van der Waals surface area contributed by atoms with Crippen LogP contribution in [0.5, 0.6) is 0 Å². The molecule has 4 aromatic heterocycles. The van der Waals surface area contributed by atoms with Gasteiger partial charge in [-0.3, -0.25) is 29.0 Å². The summed E-state index contributed by atoms with van der Waals surface area (Å²) in [6, 6.07) is 40.2. The summed E-state index contributed by atoms with van der Waals surface area (Å²) in [5.74, 6) is -2.08. The number of benzene rings is 6. The molecule has 2 atom stereocenters. The minimum Gasteiger partial charge on any atom is -0.444 e. The average Bonchev–Trinajstić information content (AvgIpc) is 1.68. The number of nitrogens with one attached hydrogen (secondary N) is 7. The molecule has 26 nitrogen and oxygen atoms in total. The maximum absolute atomic E-state index is 14.9. The number of pyridine rings is 2. The number of amides is 5. The van der Waals surface area contributed by atoms with Crippen LogP contribution in [0.1, 0.15) is 202 Å². The molecule has 5 aliphatic heterocycles. The summed E-state index contributed by atoms with van der Waals surface area (Å²) in [5.41, 5.74) is 13.8. The van der Waals surface area contributed by atoms with Gasteiger partial charge in [-0.1, -0.05) is 84.4 Å². The van der Waals surface area contributed by atoms with Crippen molar-refractivity contribution < 1.29 is 56.3 Å². The van der Waals surface area contributed by atoms with E-state index < -0.39 is 11.4 Å². The predicted octanol–water partition coefficient (Wildman–Crippen LogP) is 14.9. The number of rotatable bonds is 26. The highest BCUT2D eigenvalue weighted by Gasteiger charge is 2.52. The molecule has 9 heterocycles. The highest BCUT2D eigenvalue weighted by atomic mass is 79.9. The molecule has 30 heteroatoms. The lowest BCUT2D eigenvalue weighted by Gasteiger charge is -2.40. The maximum Gasteiger partial charge on any atom is 0.494 e. The highest BCUT2D eigenvalue weighted by molar-refractivity contribution is 9.10. The van der Waals surface area contributed by atoms with Crippen LogP contribution in [0.3, 0.4) is 0 Å². The van der Waals surface area contributed by atoms with Gasteiger partial charge in [0.1, 0.15) is 17.2 Å². The summed E-state index contributed by atoms with van der Waals surface area (Å²) in [5, 5.41) is 33.7. The molecule has 0 radical (unpaired) electrons. The predicted molar refractivity (Wildman–Crippen MR) is 496 cm³/mol. The van der Waals surface area contributed by atoms with Gasteiger partial charge in [0, 0.05) is 191 Å². The molecule has 10 aromatic rings. The van der Waals surface area contributed by atoms with Crippen LogP contribution in [0.4, 0.5) is 25.0 Å². The van der Waals surface area contributed by atoms with Gasteiger partial charge in [-0.15, -0.1) is 0 Å². The van der Waals surface area contributed by atoms with Crippen molar-refractivity contribution in [2.24, 2.45) is 0 Å². The van der Waals surface area contributed by atoms with Crippen LogP contribution >= 0.6 is 15.9 Å². The van der Waals surface area contributed by atoms with Gasteiger partial charge in [0.2, 0.25) is 0 Å². The number of aryl methyl sites for hydroxylation is 4. The molecule has 6 aromatic carbocycles. The number of hydrogen-bond donors (Lipinski definition) is 7. The molecule has 5 saturated heterocycles.